The van der Waals surface area contributed by atoms with Crippen molar-refractivity contribution in [1.29, 1.82) is 0 Å². The highest BCUT2D eigenvalue weighted by atomic mass is 15.2. The molecular weight excluding hydrogens is 174 g/mol. The minimum Gasteiger partial charge on any atom is -0.371 e. The van der Waals surface area contributed by atoms with Crippen LogP contribution in [0.3, 0.4) is 0 Å². The van der Waals surface area contributed by atoms with E-state index in [1.807, 2.05) is 13.8 Å². The summed E-state index contributed by atoms with van der Waals surface area (Å²) in [6.45, 7) is 6.99. The standard InChI is InChI=1S/C11H17N3/c1-8-6-11(14-4-3-5-14)10(7-12)9(2)13-8/h6H,3-5,7,12H2,1-2H3. The summed E-state index contributed by atoms with van der Waals surface area (Å²) in [5, 5.41) is 0. The van der Waals surface area contributed by atoms with Crippen molar-refractivity contribution in [2.75, 3.05) is 18.0 Å². The first-order valence-corrected chi connectivity index (χ1v) is 5.14. The van der Waals surface area contributed by atoms with Gasteiger partial charge in [0.15, 0.2) is 0 Å². The lowest BCUT2D eigenvalue weighted by Gasteiger charge is -2.35. The quantitative estimate of drug-likeness (QED) is 0.767. The third kappa shape index (κ3) is 1.48. The number of hydrogen-bond donors (Lipinski definition) is 1. The van der Waals surface area contributed by atoms with Crippen molar-refractivity contribution in [3.05, 3.63) is 23.0 Å². The maximum Gasteiger partial charge on any atom is 0.0448 e. The predicted octanol–water partition coefficient (Wildman–Crippen LogP) is 1.37. The van der Waals surface area contributed by atoms with Gasteiger partial charge in [0, 0.05) is 42.3 Å². The van der Waals surface area contributed by atoms with Gasteiger partial charge in [-0.1, -0.05) is 0 Å². The molecule has 2 heterocycles. The van der Waals surface area contributed by atoms with Gasteiger partial charge in [0.1, 0.15) is 0 Å². The number of hydrogen-bond acceptors (Lipinski definition) is 3. The molecule has 1 aliphatic rings. The Kier molecular flexibility index (Phi) is 2.42. The lowest BCUT2D eigenvalue weighted by atomic mass is 10.1. The molecule has 14 heavy (non-hydrogen) atoms. The Hall–Kier alpha value is -1.09. The van der Waals surface area contributed by atoms with Crippen LogP contribution in [-0.4, -0.2) is 18.1 Å². The molecule has 2 rings (SSSR count). The Morgan fingerprint density at radius 2 is 2.14 bits per heavy atom. The van der Waals surface area contributed by atoms with Crippen molar-refractivity contribution in [2.24, 2.45) is 5.73 Å². The Bertz CT molecular complexity index is 343. The molecule has 1 aliphatic heterocycles. The molecule has 1 aromatic heterocycles. The lowest BCUT2D eigenvalue weighted by Crippen LogP contribution is -2.38. The number of anilines is 1. The number of pyridine rings is 1. The summed E-state index contributed by atoms with van der Waals surface area (Å²) < 4.78 is 0. The normalized spacial score (nSPS) is 15.5. The van der Waals surface area contributed by atoms with Gasteiger partial charge in [0.05, 0.1) is 0 Å². The van der Waals surface area contributed by atoms with Crippen LogP contribution >= 0.6 is 0 Å². The molecule has 1 aromatic rings. The van der Waals surface area contributed by atoms with Crippen LogP contribution < -0.4 is 10.6 Å². The summed E-state index contributed by atoms with van der Waals surface area (Å²) in [5.74, 6) is 0. The smallest absolute Gasteiger partial charge is 0.0448 e. The second-order valence-corrected chi connectivity index (χ2v) is 3.89. The molecule has 76 valence electrons. The Labute approximate surface area is 84.9 Å². The van der Waals surface area contributed by atoms with Crippen LogP contribution in [0.25, 0.3) is 0 Å². The summed E-state index contributed by atoms with van der Waals surface area (Å²) >= 11 is 0. The molecule has 0 aromatic carbocycles. The molecule has 3 heteroatoms. The van der Waals surface area contributed by atoms with E-state index < -0.39 is 0 Å². The van der Waals surface area contributed by atoms with Crippen LogP contribution in [0.1, 0.15) is 23.4 Å². The van der Waals surface area contributed by atoms with Gasteiger partial charge in [-0.2, -0.15) is 0 Å². The summed E-state index contributed by atoms with van der Waals surface area (Å²) in [6.07, 6.45) is 1.30. The van der Waals surface area contributed by atoms with E-state index >= 15 is 0 Å². The fourth-order valence-corrected chi connectivity index (χ4v) is 1.93. The van der Waals surface area contributed by atoms with Crippen LogP contribution in [0, 0.1) is 13.8 Å². The van der Waals surface area contributed by atoms with E-state index in [0.717, 1.165) is 24.5 Å². The summed E-state index contributed by atoms with van der Waals surface area (Å²) in [5.41, 5.74) is 10.4. The highest BCUT2D eigenvalue weighted by Gasteiger charge is 2.18. The zero-order valence-electron chi connectivity index (χ0n) is 8.88. The fourth-order valence-electron chi connectivity index (χ4n) is 1.93. The molecule has 0 aliphatic carbocycles. The lowest BCUT2D eigenvalue weighted by molar-refractivity contribution is 0.613. The minimum absolute atomic E-state index is 0.588. The summed E-state index contributed by atoms with van der Waals surface area (Å²) in [6, 6.07) is 2.15. The van der Waals surface area contributed by atoms with Gasteiger partial charge < -0.3 is 10.6 Å². The maximum atomic E-state index is 5.75. The Balaban J connectivity index is 2.44. The second kappa shape index (κ2) is 3.58. The van der Waals surface area contributed by atoms with Crippen LogP contribution in [0.2, 0.25) is 0 Å². The first kappa shape index (κ1) is 9.46. The van der Waals surface area contributed by atoms with E-state index in [9.17, 15) is 0 Å². The molecule has 0 unspecified atom stereocenters. The number of nitrogens with zero attached hydrogens (tertiary/aromatic N) is 2. The largest absolute Gasteiger partial charge is 0.371 e. The topological polar surface area (TPSA) is 42.1 Å². The highest BCUT2D eigenvalue weighted by Crippen LogP contribution is 2.27. The predicted molar refractivity (Wildman–Crippen MR) is 58.4 cm³/mol. The van der Waals surface area contributed by atoms with Crippen molar-refractivity contribution < 1.29 is 0 Å². The molecule has 0 spiro atoms. The monoisotopic (exact) mass is 191 g/mol. The van der Waals surface area contributed by atoms with E-state index in [2.05, 4.69) is 16.0 Å². The molecule has 0 atom stereocenters. The van der Waals surface area contributed by atoms with E-state index in [1.54, 1.807) is 0 Å². The molecular formula is C11H17N3. The molecule has 3 nitrogen and oxygen atoms in total. The zero-order chi connectivity index (χ0) is 10.1. The minimum atomic E-state index is 0.588. The van der Waals surface area contributed by atoms with Gasteiger partial charge in [-0.25, -0.2) is 0 Å². The van der Waals surface area contributed by atoms with Crippen LogP contribution in [-0.2, 0) is 6.54 Å². The van der Waals surface area contributed by atoms with Gasteiger partial charge in [-0.05, 0) is 26.3 Å². The molecule has 0 bridgehead atoms. The highest BCUT2D eigenvalue weighted by molar-refractivity contribution is 5.57. The number of aromatic nitrogens is 1. The molecule has 1 fully saturated rings. The van der Waals surface area contributed by atoms with Gasteiger partial charge in [-0.15, -0.1) is 0 Å². The van der Waals surface area contributed by atoms with Crippen LogP contribution in [0.5, 0.6) is 0 Å². The Morgan fingerprint density at radius 1 is 1.43 bits per heavy atom. The molecule has 0 amide bonds. The van der Waals surface area contributed by atoms with Gasteiger partial charge in [0.25, 0.3) is 0 Å². The van der Waals surface area contributed by atoms with Crippen molar-refractivity contribution in [1.82, 2.24) is 4.98 Å². The molecule has 2 N–H and O–H groups in total. The van der Waals surface area contributed by atoms with Crippen LogP contribution in [0.4, 0.5) is 5.69 Å². The average molecular weight is 191 g/mol. The number of nitrogens with two attached hydrogens (primary N) is 1. The van der Waals surface area contributed by atoms with Crippen molar-refractivity contribution in [3.8, 4) is 0 Å². The molecule has 1 saturated heterocycles. The van der Waals surface area contributed by atoms with Crippen molar-refractivity contribution in [3.63, 3.8) is 0 Å². The molecule has 0 radical (unpaired) electrons. The number of rotatable bonds is 2. The Morgan fingerprint density at radius 3 is 2.64 bits per heavy atom. The molecule has 0 saturated carbocycles. The third-order valence-corrected chi connectivity index (χ3v) is 2.84. The average Bonchev–Trinajstić information content (AvgIpc) is 1.99. The van der Waals surface area contributed by atoms with E-state index in [1.165, 1.54) is 17.7 Å². The van der Waals surface area contributed by atoms with Crippen LogP contribution in [0.15, 0.2) is 6.07 Å². The first-order chi connectivity index (χ1) is 6.72. The first-order valence-electron chi connectivity index (χ1n) is 5.14. The zero-order valence-corrected chi connectivity index (χ0v) is 8.88. The van der Waals surface area contributed by atoms with Gasteiger partial charge in [0.2, 0.25) is 0 Å². The van der Waals surface area contributed by atoms with Crippen molar-refractivity contribution in [2.45, 2.75) is 26.8 Å². The summed E-state index contributed by atoms with van der Waals surface area (Å²) in [7, 11) is 0. The SMILES string of the molecule is Cc1cc(N2CCC2)c(CN)c(C)n1. The van der Waals surface area contributed by atoms with E-state index in [-0.39, 0.29) is 0 Å². The van der Waals surface area contributed by atoms with Gasteiger partial charge >= 0.3 is 0 Å². The fraction of sp³-hybridized carbons (Fsp3) is 0.545. The number of aryl methyl sites for hydroxylation is 2. The third-order valence-electron chi connectivity index (χ3n) is 2.84. The van der Waals surface area contributed by atoms with Gasteiger partial charge in [-0.3, -0.25) is 4.98 Å². The van der Waals surface area contributed by atoms with E-state index in [0.29, 0.717) is 6.54 Å². The van der Waals surface area contributed by atoms with E-state index in [4.69, 9.17) is 5.73 Å². The maximum absolute atomic E-state index is 5.75. The summed E-state index contributed by atoms with van der Waals surface area (Å²) in [4.78, 5) is 6.82. The second-order valence-electron chi connectivity index (χ2n) is 3.89. The van der Waals surface area contributed by atoms with Crippen molar-refractivity contribution >= 4 is 5.69 Å².